The molecule has 4 rings (SSSR count). The fraction of sp³-hybridized carbons (Fsp3) is 0.300. The summed E-state index contributed by atoms with van der Waals surface area (Å²) < 4.78 is 1.58. The van der Waals surface area contributed by atoms with Crippen molar-refractivity contribution in [3.05, 3.63) is 46.8 Å². The van der Waals surface area contributed by atoms with Crippen molar-refractivity contribution in [1.82, 2.24) is 19.8 Å². The van der Waals surface area contributed by atoms with Crippen LogP contribution in [-0.2, 0) is 11.3 Å². The van der Waals surface area contributed by atoms with Crippen LogP contribution in [0.3, 0.4) is 0 Å². The average molecular weight is 396 g/mol. The predicted molar refractivity (Wildman–Crippen MR) is 110 cm³/mol. The standard InChI is InChI=1S/C20H20N4O3S/c1-3-23-18(26)15-10-13-6-4-5-7-14(13)11-16(15)22-20(23)28-12(2)17(25)24-9-8-21-19(24)27/h4-7,10-12H,3,8-9H2,1-2H3,(H,21,27)/t12-/m1/s1. The number of thioether (sulfide) groups is 1. The summed E-state index contributed by atoms with van der Waals surface area (Å²) in [5.41, 5.74) is 0.480. The fourth-order valence-electron chi connectivity index (χ4n) is 3.37. The van der Waals surface area contributed by atoms with Crippen LogP contribution in [0.1, 0.15) is 13.8 Å². The topological polar surface area (TPSA) is 84.3 Å². The molecule has 2 aromatic carbocycles. The average Bonchev–Trinajstić information content (AvgIpc) is 3.12. The number of nitrogens with one attached hydrogen (secondary N) is 1. The number of urea groups is 1. The van der Waals surface area contributed by atoms with Gasteiger partial charge >= 0.3 is 6.03 Å². The Bertz CT molecular complexity index is 1160. The molecule has 1 fully saturated rings. The first-order chi connectivity index (χ1) is 13.5. The number of imide groups is 1. The lowest BCUT2D eigenvalue weighted by molar-refractivity contribution is -0.126. The molecular weight excluding hydrogens is 376 g/mol. The van der Waals surface area contributed by atoms with Gasteiger partial charge in [0, 0.05) is 19.6 Å². The molecule has 28 heavy (non-hydrogen) atoms. The van der Waals surface area contributed by atoms with Crippen molar-refractivity contribution >= 4 is 45.4 Å². The quantitative estimate of drug-likeness (QED) is 0.416. The smallest absolute Gasteiger partial charge is 0.324 e. The van der Waals surface area contributed by atoms with Crippen molar-refractivity contribution in [2.75, 3.05) is 13.1 Å². The van der Waals surface area contributed by atoms with Crippen LogP contribution < -0.4 is 10.9 Å². The molecule has 0 saturated carbocycles. The molecule has 1 saturated heterocycles. The zero-order chi connectivity index (χ0) is 19.8. The summed E-state index contributed by atoms with van der Waals surface area (Å²) in [4.78, 5) is 43.3. The highest BCUT2D eigenvalue weighted by atomic mass is 32.2. The minimum Gasteiger partial charge on any atom is -0.336 e. The zero-order valence-corrected chi connectivity index (χ0v) is 16.5. The molecule has 1 atom stereocenters. The Morgan fingerprint density at radius 3 is 2.61 bits per heavy atom. The SMILES string of the molecule is CCn1c(S[C@H](C)C(=O)N2CCNC2=O)nc2cc3ccccc3cc2c1=O. The van der Waals surface area contributed by atoms with E-state index >= 15 is 0 Å². The lowest BCUT2D eigenvalue weighted by atomic mass is 10.1. The fourth-order valence-corrected chi connectivity index (χ4v) is 4.40. The van der Waals surface area contributed by atoms with Crippen molar-refractivity contribution < 1.29 is 9.59 Å². The summed E-state index contributed by atoms with van der Waals surface area (Å²) in [6.07, 6.45) is 0. The van der Waals surface area contributed by atoms with Crippen LogP contribution in [0.5, 0.6) is 0 Å². The molecule has 0 radical (unpaired) electrons. The highest BCUT2D eigenvalue weighted by Gasteiger charge is 2.31. The first kappa shape index (κ1) is 18.5. The van der Waals surface area contributed by atoms with Crippen LogP contribution in [0, 0.1) is 0 Å². The molecule has 1 aromatic heterocycles. The third-order valence-electron chi connectivity index (χ3n) is 4.86. The number of hydrogen-bond donors (Lipinski definition) is 1. The number of aromatic nitrogens is 2. The number of amides is 3. The number of fused-ring (bicyclic) bond motifs is 2. The summed E-state index contributed by atoms with van der Waals surface area (Å²) >= 11 is 1.21. The van der Waals surface area contributed by atoms with E-state index in [0.717, 1.165) is 10.8 Å². The van der Waals surface area contributed by atoms with Gasteiger partial charge in [0.15, 0.2) is 5.16 Å². The van der Waals surface area contributed by atoms with Crippen molar-refractivity contribution in [2.45, 2.75) is 30.8 Å². The van der Waals surface area contributed by atoms with E-state index in [-0.39, 0.29) is 17.5 Å². The molecular formula is C20H20N4O3S. The Kier molecular flexibility index (Phi) is 4.80. The predicted octanol–water partition coefficient (Wildman–Crippen LogP) is 2.60. The van der Waals surface area contributed by atoms with Gasteiger partial charge < -0.3 is 5.32 Å². The lowest BCUT2D eigenvalue weighted by Gasteiger charge is -2.19. The van der Waals surface area contributed by atoms with E-state index in [1.54, 1.807) is 11.5 Å². The van der Waals surface area contributed by atoms with Gasteiger partial charge in [-0.1, -0.05) is 36.0 Å². The Morgan fingerprint density at radius 2 is 1.96 bits per heavy atom. The minimum absolute atomic E-state index is 0.126. The molecule has 1 aliphatic rings. The largest absolute Gasteiger partial charge is 0.336 e. The van der Waals surface area contributed by atoms with Gasteiger partial charge in [-0.3, -0.25) is 19.1 Å². The summed E-state index contributed by atoms with van der Waals surface area (Å²) in [6, 6.07) is 11.2. The first-order valence-electron chi connectivity index (χ1n) is 9.19. The summed E-state index contributed by atoms with van der Waals surface area (Å²) in [5, 5.41) is 5.12. The summed E-state index contributed by atoms with van der Waals surface area (Å²) in [7, 11) is 0. The van der Waals surface area contributed by atoms with Gasteiger partial charge in [0.05, 0.1) is 16.2 Å². The molecule has 3 amide bonds. The maximum atomic E-state index is 13.0. The van der Waals surface area contributed by atoms with E-state index < -0.39 is 5.25 Å². The van der Waals surface area contributed by atoms with E-state index in [2.05, 4.69) is 10.3 Å². The van der Waals surface area contributed by atoms with Crippen LogP contribution in [0.4, 0.5) is 4.79 Å². The van der Waals surface area contributed by atoms with Gasteiger partial charge in [-0.2, -0.15) is 0 Å². The summed E-state index contributed by atoms with van der Waals surface area (Å²) in [5.74, 6) is -0.282. The number of carbonyl (C=O) groups excluding carboxylic acids is 2. The van der Waals surface area contributed by atoms with Gasteiger partial charge in [-0.25, -0.2) is 9.78 Å². The van der Waals surface area contributed by atoms with Crippen molar-refractivity contribution in [3.63, 3.8) is 0 Å². The number of carbonyl (C=O) groups is 2. The third-order valence-corrected chi connectivity index (χ3v) is 5.93. The van der Waals surface area contributed by atoms with Gasteiger partial charge in [0.25, 0.3) is 5.56 Å². The maximum Gasteiger partial charge on any atom is 0.324 e. The van der Waals surface area contributed by atoms with Crippen LogP contribution in [0.15, 0.2) is 46.3 Å². The van der Waals surface area contributed by atoms with Crippen LogP contribution >= 0.6 is 11.8 Å². The molecule has 2 heterocycles. The maximum absolute atomic E-state index is 13.0. The molecule has 1 N–H and O–H groups in total. The molecule has 0 bridgehead atoms. The van der Waals surface area contributed by atoms with E-state index in [1.807, 2.05) is 43.3 Å². The van der Waals surface area contributed by atoms with Crippen LogP contribution in [-0.4, -0.2) is 44.7 Å². The lowest BCUT2D eigenvalue weighted by Crippen LogP contribution is -2.39. The third kappa shape index (κ3) is 3.13. The number of rotatable bonds is 4. The molecule has 8 heteroatoms. The number of hydrogen-bond acceptors (Lipinski definition) is 5. The minimum atomic E-state index is -0.536. The highest BCUT2D eigenvalue weighted by molar-refractivity contribution is 8.00. The van der Waals surface area contributed by atoms with Crippen LogP contribution in [0.25, 0.3) is 21.7 Å². The van der Waals surface area contributed by atoms with Gasteiger partial charge in [-0.05, 0) is 36.8 Å². The molecule has 144 valence electrons. The Labute approximate surface area is 165 Å². The molecule has 7 nitrogen and oxygen atoms in total. The second-order valence-electron chi connectivity index (χ2n) is 6.64. The summed E-state index contributed by atoms with van der Waals surface area (Å²) in [6.45, 7) is 4.88. The van der Waals surface area contributed by atoms with Gasteiger partial charge in [0.2, 0.25) is 5.91 Å². The zero-order valence-electron chi connectivity index (χ0n) is 15.6. The van der Waals surface area contributed by atoms with Crippen molar-refractivity contribution in [1.29, 1.82) is 0 Å². The second kappa shape index (κ2) is 7.27. The van der Waals surface area contributed by atoms with Gasteiger partial charge in [-0.15, -0.1) is 0 Å². The normalized spacial score (nSPS) is 15.2. The van der Waals surface area contributed by atoms with Crippen molar-refractivity contribution in [3.8, 4) is 0 Å². The van der Waals surface area contributed by atoms with Crippen LogP contribution in [0.2, 0.25) is 0 Å². The van der Waals surface area contributed by atoms with E-state index in [1.165, 1.54) is 16.7 Å². The Balaban J connectivity index is 1.75. The first-order valence-corrected chi connectivity index (χ1v) is 10.1. The highest BCUT2D eigenvalue weighted by Crippen LogP contribution is 2.26. The van der Waals surface area contributed by atoms with E-state index in [0.29, 0.717) is 35.7 Å². The van der Waals surface area contributed by atoms with Crippen molar-refractivity contribution in [2.24, 2.45) is 0 Å². The van der Waals surface area contributed by atoms with E-state index in [9.17, 15) is 14.4 Å². The molecule has 1 aliphatic heterocycles. The molecule has 0 spiro atoms. The molecule has 0 aliphatic carbocycles. The van der Waals surface area contributed by atoms with Gasteiger partial charge in [0.1, 0.15) is 0 Å². The van der Waals surface area contributed by atoms with E-state index in [4.69, 9.17) is 0 Å². The monoisotopic (exact) mass is 396 g/mol. The Morgan fingerprint density at radius 1 is 1.25 bits per heavy atom. The second-order valence-corrected chi connectivity index (χ2v) is 7.95. The molecule has 3 aromatic rings. The number of nitrogens with zero attached hydrogens (tertiary/aromatic N) is 3. The number of benzene rings is 2. The molecule has 0 unspecified atom stereocenters. The Hall–Kier alpha value is -2.87.